The van der Waals surface area contributed by atoms with Gasteiger partial charge in [-0.3, -0.25) is 4.79 Å². The number of amidine groups is 1. The van der Waals surface area contributed by atoms with Crippen molar-refractivity contribution in [3.8, 4) is 6.19 Å². The highest BCUT2D eigenvalue weighted by molar-refractivity contribution is 6.30. The van der Waals surface area contributed by atoms with Gasteiger partial charge >= 0.3 is 0 Å². The summed E-state index contributed by atoms with van der Waals surface area (Å²) in [6.45, 7) is 0.402. The molecular weight excluding hydrogens is 312 g/mol. The van der Waals surface area contributed by atoms with Gasteiger partial charge in [0.1, 0.15) is 5.84 Å². The van der Waals surface area contributed by atoms with E-state index >= 15 is 0 Å². The number of nitrogens with zero attached hydrogens (tertiary/aromatic N) is 3. The van der Waals surface area contributed by atoms with Crippen LogP contribution in [0.3, 0.4) is 0 Å². The SMILES string of the molecule is CN(Cc1cccc(C(N)=NC#N)c1)C(=O)c1cccc(Cl)c1. The molecule has 0 aliphatic carbocycles. The summed E-state index contributed by atoms with van der Waals surface area (Å²) in [5.41, 5.74) is 7.77. The van der Waals surface area contributed by atoms with E-state index < -0.39 is 0 Å². The first kappa shape index (κ1) is 16.5. The van der Waals surface area contributed by atoms with Gasteiger partial charge in [0.05, 0.1) is 0 Å². The third-order valence-corrected chi connectivity index (χ3v) is 3.47. The molecular formula is C17H15ClN4O. The summed E-state index contributed by atoms with van der Waals surface area (Å²) < 4.78 is 0. The quantitative estimate of drug-likeness (QED) is 0.533. The number of hydrogen-bond acceptors (Lipinski definition) is 3. The number of aliphatic imine (C=N–C) groups is 1. The topological polar surface area (TPSA) is 82.5 Å². The van der Waals surface area contributed by atoms with Gasteiger partial charge in [0, 0.05) is 29.7 Å². The van der Waals surface area contributed by atoms with Crippen LogP contribution in [0.15, 0.2) is 53.5 Å². The van der Waals surface area contributed by atoms with Crippen LogP contribution in [-0.4, -0.2) is 23.7 Å². The van der Waals surface area contributed by atoms with Gasteiger partial charge in [0.2, 0.25) is 6.19 Å². The van der Waals surface area contributed by atoms with E-state index in [9.17, 15) is 4.79 Å². The molecule has 0 heterocycles. The second-order valence-corrected chi connectivity index (χ2v) is 5.41. The molecule has 0 radical (unpaired) electrons. The highest BCUT2D eigenvalue weighted by Gasteiger charge is 2.12. The molecule has 0 atom stereocenters. The summed E-state index contributed by atoms with van der Waals surface area (Å²) in [4.78, 5) is 17.5. The smallest absolute Gasteiger partial charge is 0.253 e. The molecule has 2 aromatic carbocycles. The van der Waals surface area contributed by atoms with Crippen LogP contribution in [0.2, 0.25) is 5.02 Å². The number of halogens is 1. The second kappa shape index (κ2) is 7.43. The van der Waals surface area contributed by atoms with Crippen LogP contribution < -0.4 is 5.73 Å². The van der Waals surface area contributed by atoms with Crippen LogP contribution in [0, 0.1) is 11.5 Å². The van der Waals surface area contributed by atoms with Crippen molar-refractivity contribution in [1.82, 2.24) is 4.90 Å². The molecule has 0 unspecified atom stereocenters. The molecule has 1 amide bonds. The Labute approximate surface area is 139 Å². The molecule has 6 heteroatoms. The van der Waals surface area contributed by atoms with Gasteiger partial charge in [-0.1, -0.05) is 35.9 Å². The lowest BCUT2D eigenvalue weighted by atomic mass is 10.1. The minimum absolute atomic E-state index is 0.128. The van der Waals surface area contributed by atoms with E-state index in [0.717, 1.165) is 5.56 Å². The fraction of sp³-hybridized carbons (Fsp3) is 0.118. The number of rotatable bonds is 4. The highest BCUT2D eigenvalue weighted by Crippen LogP contribution is 2.14. The summed E-state index contributed by atoms with van der Waals surface area (Å²) in [6.07, 6.45) is 1.66. The monoisotopic (exact) mass is 326 g/mol. The van der Waals surface area contributed by atoms with Gasteiger partial charge in [0.25, 0.3) is 5.91 Å². The van der Waals surface area contributed by atoms with E-state index in [4.69, 9.17) is 22.6 Å². The maximum atomic E-state index is 12.4. The molecule has 23 heavy (non-hydrogen) atoms. The van der Waals surface area contributed by atoms with Crippen molar-refractivity contribution < 1.29 is 4.79 Å². The van der Waals surface area contributed by atoms with Crippen LogP contribution in [0.4, 0.5) is 0 Å². The fourth-order valence-corrected chi connectivity index (χ4v) is 2.33. The zero-order valence-corrected chi connectivity index (χ0v) is 13.3. The standard InChI is InChI=1S/C17H15ClN4O/c1-22(17(23)14-6-3-7-15(18)9-14)10-12-4-2-5-13(8-12)16(20)21-11-19/h2-9H,10H2,1H3,(H2,20,21). The summed E-state index contributed by atoms with van der Waals surface area (Å²) in [5.74, 6) is 0.0229. The van der Waals surface area contributed by atoms with E-state index in [1.54, 1.807) is 54.5 Å². The van der Waals surface area contributed by atoms with E-state index in [1.807, 2.05) is 12.1 Å². The average Bonchev–Trinajstić information content (AvgIpc) is 2.54. The Bertz CT molecular complexity index is 795. The molecule has 0 aromatic heterocycles. The predicted molar refractivity (Wildman–Crippen MR) is 90.0 cm³/mol. The number of benzene rings is 2. The van der Waals surface area contributed by atoms with Gasteiger partial charge in [-0.15, -0.1) is 0 Å². The van der Waals surface area contributed by atoms with Gasteiger partial charge < -0.3 is 10.6 Å². The van der Waals surface area contributed by atoms with Crippen molar-refractivity contribution in [3.63, 3.8) is 0 Å². The lowest BCUT2D eigenvalue weighted by molar-refractivity contribution is 0.0785. The molecule has 0 saturated carbocycles. The first-order chi connectivity index (χ1) is 11.0. The highest BCUT2D eigenvalue weighted by atomic mass is 35.5. The molecule has 116 valence electrons. The molecule has 2 N–H and O–H groups in total. The van der Waals surface area contributed by atoms with E-state index in [1.165, 1.54) is 0 Å². The summed E-state index contributed by atoms with van der Waals surface area (Å²) in [7, 11) is 1.71. The molecule has 0 aliphatic heterocycles. The Hall–Kier alpha value is -2.84. The number of nitrogens with two attached hydrogens (primary N) is 1. The van der Waals surface area contributed by atoms with Crippen LogP contribution >= 0.6 is 11.6 Å². The zero-order valence-electron chi connectivity index (χ0n) is 12.5. The Balaban J connectivity index is 2.16. The number of carbonyl (C=O) groups excluding carboxylic acids is 1. The zero-order chi connectivity index (χ0) is 16.8. The second-order valence-electron chi connectivity index (χ2n) is 4.97. The van der Waals surface area contributed by atoms with Gasteiger partial charge in [-0.25, -0.2) is 0 Å². The first-order valence-electron chi connectivity index (χ1n) is 6.84. The summed E-state index contributed by atoms with van der Waals surface area (Å²) in [5, 5.41) is 9.07. The van der Waals surface area contributed by atoms with E-state index in [2.05, 4.69) is 4.99 Å². The fourth-order valence-electron chi connectivity index (χ4n) is 2.13. The number of nitriles is 1. The Morgan fingerprint density at radius 2 is 1.96 bits per heavy atom. The van der Waals surface area contributed by atoms with E-state index in [0.29, 0.717) is 22.7 Å². The molecule has 0 bridgehead atoms. The third kappa shape index (κ3) is 4.31. The lowest BCUT2D eigenvalue weighted by Gasteiger charge is -2.18. The third-order valence-electron chi connectivity index (χ3n) is 3.23. The molecule has 0 saturated heterocycles. The normalized spacial score (nSPS) is 10.9. The minimum atomic E-state index is -0.128. The maximum absolute atomic E-state index is 12.4. The van der Waals surface area contributed by atoms with Crippen molar-refractivity contribution >= 4 is 23.3 Å². The van der Waals surface area contributed by atoms with E-state index in [-0.39, 0.29) is 11.7 Å². The molecule has 0 fully saturated rings. The minimum Gasteiger partial charge on any atom is -0.383 e. The Kier molecular flexibility index (Phi) is 5.34. The average molecular weight is 327 g/mol. The number of carbonyl (C=O) groups is 1. The predicted octanol–water partition coefficient (Wildman–Crippen LogP) is 2.80. The van der Waals surface area contributed by atoms with Crippen molar-refractivity contribution in [2.45, 2.75) is 6.54 Å². The maximum Gasteiger partial charge on any atom is 0.253 e. The van der Waals surface area contributed by atoms with Gasteiger partial charge in [-0.2, -0.15) is 10.3 Å². The molecule has 0 aliphatic rings. The summed E-state index contributed by atoms with van der Waals surface area (Å²) >= 11 is 5.91. The van der Waals surface area contributed by atoms with Gasteiger partial charge in [0.15, 0.2) is 0 Å². The van der Waals surface area contributed by atoms with Crippen molar-refractivity contribution in [2.24, 2.45) is 10.7 Å². The van der Waals surface area contributed by atoms with Crippen LogP contribution in [-0.2, 0) is 6.54 Å². The van der Waals surface area contributed by atoms with Crippen LogP contribution in [0.5, 0.6) is 0 Å². The summed E-state index contributed by atoms with van der Waals surface area (Å²) in [6, 6.07) is 14.1. The Morgan fingerprint density at radius 3 is 2.65 bits per heavy atom. The van der Waals surface area contributed by atoms with Crippen LogP contribution in [0.25, 0.3) is 0 Å². The molecule has 0 spiro atoms. The molecule has 2 aromatic rings. The lowest BCUT2D eigenvalue weighted by Crippen LogP contribution is -2.26. The van der Waals surface area contributed by atoms with Crippen molar-refractivity contribution in [2.75, 3.05) is 7.05 Å². The molecule has 5 nitrogen and oxygen atoms in total. The first-order valence-corrected chi connectivity index (χ1v) is 7.21. The van der Waals surface area contributed by atoms with Crippen LogP contribution in [0.1, 0.15) is 21.5 Å². The van der Waals surface area contributed by atoms with Gasteiger partial charge in [-0.05, 0) is 29.8 Å². The largest absolute Gasteiger partial charge is 0.383 e. The molecule has 2 rings (SSSR count). The van der Waals surface area contributed by atoms with Crippen molar-refractivity contribution in [3.05, 3.63) is 70.2 Å². The Morgan fingerprint density at radius 1 is 1.26 bits per heavy atom. The number of amides is 1. The van der Waals surface area contributed by atoms with Crippen molar-refractivity contribution in [1.29, 1.82) is 5.26 Å². The number of hydrogen-bond donors (Lipinski definition) is 1.